The molecule has 6 heteroatoms. The second kappa shape index (κ2) is 5.58. The lowest BCUT2D eigenvalue weighted by Crippen LogP contribution is -2.10. The van der Waals surface area contributed by atoms with Crippen LogP contribution in [0.25, 0.3) is 0 Å². The molecule has 2 aromatic rings. The molecular formula is C14H10BrF2NO2. The Bertz CT molecular complexity index is 689. The molecule has 0 aliphatic heterocycles. The maximum atomic E-state index is 13.9. The molecule has 0 bridgehead atoms. The zero-order valence-electron chi connectivity index (χ0n) is 10.4. The molecule has 3 nitrogen and oxygen atoms in total. The molecule has 20 heavy (non-hydrogen) atoms. The van der Waals surface area contributed by atoms with Crippen LogP contribution in [-0.4, -0.2) is 12.9 Å². The van der Waals surface area contributed by atoms with Crippen LogP contribution in [0.1, 0.15) is 15.9 Å². The highest BCUT2D eigenvalue weighted by atomic mass is 79.9. The van der Waals surface area contributed by atoms with Crippen molar-refractivity contribution in [2.75, 3.05) is 12.8 Å². The van der Waals surface area contributed by atoms with Crippen LogP contribution in [-0.2, 0) is 0 Å². The highest BCUT2D eigenvalue weighted by Crippen LogP contribution is 2.27. The number of ketones is 1. The molecule has 0 fully saturated rings. The van der Waals surface area contributed by atoms with Crippen molar-refractivity contribution >= 4 is 27.4 Å². The number of methoxy groups -OCH3 is 1. The van der Waals surface area contributed by atoms with Crippen LogP contribution in [0.15, 0.2) is 34.8 Å². The molecule has 0 radical (unpaired) electrons. The second-order valence-electron chi connectivity index (χ2n) is 4.00. The summed E-state index contributed by atoms with van der Waals surface area (Å²) in [6.45, 7) is 0. The first-order valence-corrected chi connectivity index (χ1v) is 6.36. The normalized spacial score (nSPS) is 10.4. The number of carbonyl (C=O) groups is 1. The summed E-state index contributed by atoms with van der Waals surface area (Å²) in [6, 6.07) is 6.49. The smallest absolute Gasteiger partial charge is 0.201 e. The van der Waals surface area contributed by atoms with E-state index in [2.05, 4.69) is 15.9 Å². The topological polar surface area (TPSA) is 52.3 Å². The molecule has 0 atom stereocenters. The number of nitrogen functional groups attached to an aromatic ring is 1. The van der Waals surface area contributed by atoms with E-state index >= 15 is 0 Å². The first kappa shape index (κ1) is 14.5. The van der Waals surface area contributed by atoms with Crippen molar-refractivity contribution in [1.82, 2.24) is 0 Å². The van der Waals surface area contributed by atoms with Gasteiger partial charge < -0.3 is 10.5 Å². The minimum atomic E-state index is -0.954. The molecule has 0 saturated carbocycles. The van der Waals surface area contributed by atoms with Gasteiger partial charge >= 0.3 is 0 Å². The van der Waals surface area contributed by atoms with Gasteiger partial charge in [0.2, 0.25) is 5.78 Å². The largest absolute Gasteiger partial charge is 0.497 e. The third-order valence-electron chi connectivity index (χ3n) is 2.77. The van der Waals surface area contributed by atoms with Gasteiger partial charge in [0, 0.05) is 17.3 Å². The summed E-state index contributed by atoms with van der Waals surface area (Å²) in [4.78, 5) is 12.2. The number of hydrogen-bond donors (Lipinski definition) is 1. The van der Waals surface area contributed by atoms with Gasteiger partial charge in [0.05, 0.1) is 17.1 Å². The molecule has 2 rings (SSSR count). The van der Waals surface area contributed by atoms with E-state index in [1.807, 2.05) is 0 Å². The number of anilines is 1. The summed E-state index contributed by atoms with van der Waals surface area (Å²) in [5.41, 5.74) is 5.18. The van der Waals surface area contributed by atoms with E-state index < -0.39 is 23.0 Å². The Kier molecular flexibility index (Phi) is 4.04. The predicted octanol–water partition coefficient (Wildman–Crippen LogP) is 3.55. The van der Waals surface area contributed by atoms with Gasteiger partial charge in [-0.25, -0.2) is 8.78 Å². The number of nitrogens with two attached hydrogens (primary N) is 1. The monoisotopic (exact) mass is 341 g/mol. The van der Waals surface area contributed by atoms with Crippen LogP contribution in [0, 0.1) is 11.6 Å². The number of rotatable bonds is 3. The Hall–Kier alpha value is -1.95. The third-order valence-corrected chi connectivity index (χ3v) is 3.39. The zero-order chi connectivity index (χ0) is 14.9. The van der Waals surface area contributed by atoms with Crippen molar-refractivity contribution in [2.24, 2.45) is 0 Å². The number of halogens is 3. The lowest BCUT2D eigenvalue weighted by atomic mass is 10.0. The molecule has 104 valence electrons. The Balaban J connectivity index is 2.55. The molecule has 0 heterocycles. The van der Waals surface area contributed by atoms with Crippen molar-refractivity contribution < 1.29 is 18.3 Å². The molecule has 0 unspecified atom stereocenters. The number of ether oxygens (including phenoxy) is 1. The van der Waals surface area contributed by atoms with E-state index in [9.17, 15) is 13.6 Å². The number of benzene rings is 2. The standard InChI is InChI=1S/C14H10BrF2NO2/c1-20-7-2-3-8(11(18)6-7)14(19)12-10(16)5-4-9(15)13(12)17/h2-6H,18H2,1H3. The summed E-state index contributed by atoms with van der Waals surface area (Å²) >= 11 is 2.92. The lowest BCUT2D eigenvalue weighted by molar-refractivity contribution is 0.103. The van der Waals surface area contributed by atoms with Gasteiger partial charge in [-0.1, -0.05) is 0 Å². The summed E-state index contributed by atoms with van der Waals surface area (Å²) in [5.74, 6) is -2.26. The first-order chi connectivity index (χ1) is 9.45. The van der Waals surface area contributed by atoms with Crippen LogP contribution in [0.4, 0.5) is 14.5 Å². The molecule has 0 aliphatic carbocycles. The first-order valence-electron chi connectivity index (χ1n) is 5.57. The fourth-order valence-electron chi connectivity index (χ4n) is 1.74. The van der Waals surface area contributed by atoms with Gasteiger partial charge in [-0.3, -0.25) is 4.79 Å². The molecule has 2 N–H and O–H groups in total. The van der Waals surface area contributed by atoms with Crippen molar-refractivity contribution in [3.8, 4) is 5.75 Å². The average Bonchev–Trinajstić information content (AvgIpc) is 2.43. The zero-order valence-corrected chi connectivity index (χ0v) is 12.0. The van der Waals surface area contributed by atoms with Gasteiger partial charge in [-0.2, -0.15) is 0 Å². The van der Waals surface area contributed by atoms with Crippen LogP contribution < -0.4 is 10.5 Å². The number of hydrogen-bond acceptors (Lipinski definition) is 3. The Morgan fingerprint density at radius 1 is 1.25 bits per heavy atom. The van der Waals surface area contributed by atoms with Crippen molar-refractivity contribution in [3.63, 3.8) is 0 Å². The quantitative estimate of drug-likeness (QED) is 0.527. The fraction of sp³-hybridized carbons (Fsp3) is 0.0714. The van der Waals surface area contributed by atoms with Crippen LogP contribution >= 0.6 is 15.9 Å². The summed E-state index contributed by atoms with van der Waals surface area (Å²) in [5, 5.41) is 0. The fourth-order valence-corrected chi connectivity index (χ4v) is 2.07. The van der Waals surface area contributed by atoms with E-state index in [0.717, 1.165) is 6.07 Å². The predicted molar refractivity (Wildman–Crippen MR) is 74.9 cm³/mol. The molecule has 0 aromatic heterocycles. The maximum Gasteiger partial charge on any atom is 0.201 e. The van der Waals surface area contributed by atoms with Gasteiger partial charge in [-0.15, -0.1) is 0 Å². The second-order valence-corrected chi connectivity index (χ2v) is 4.85. The third kappa shape index (κ3) is 2.51. The molecule has 2 aromatic carbocycles. The number of carbonyl (C=O) groups excluding carboxylic acids is 1. The lowest BCUT2D eigenvalue weighted by Gasteiger charge is -2.09. The van der Waals surface area contributed by atoms with E-state index in [-0.39, 0.29) is 15.7 Å². The Labute approximate surface area is 122 Å². The van der Waals surface area contributed by atoms with Crippen LogP contribution in [0.2, 0.25) is 0 Å². The average molecular weight is 342 g/mol. The van der Waals surface area contributed by atoms with Crippen molar-refractivity contribution in [1.29, 1.82) is 0 Å². The summed E-state index contributed by atoms with van der Waals surface area (Å²) < 4.78 is 32.6. The van der Waals surface area contributed by atoms with Gasteiger partial charge in [0.25, 0.3) is 0 Å². The molecule has 0 amide bonds. The van der Waals surface area contributed by atoms with Crippen molar-refractivity contribution in [3.05, 3.63) is 57.6 Å². The molecule has 0 spiro atoms. The molecule has 0 saturated heterocycles. The summed E-state index contributed by atoms with van der Waals surface area (Å²) in [6.07, 6.45) is 0. The van der Waals surface area contributed by atoms with E-state index in [1.165, 1.54) is 31.4 Å². The van der Waals surface area contributed by atoms with Gasteiger partial charge in [-0.05, 0) is 40.2 Å². The van der Waals surface area contributed by atoms with Gasteiger partial charge in [0.15, 0.2) is 5.82 Å². The Morgan fingerprint density at radius 3 is 2.55 bits per heavy atom. The van der Waals surface area contributed by atoms with Crippen molar-refractivity contribution in [2.45, 2.75) is 0 Å². The van der Waals surface area contributed by atoms with Crippen LogP contribution in [0.5, 0.6) is 5.75 Å². The molecule has 0 aliphatic rings. The minimum Gasteiger partial charge on any atom is -0.497 e. The van der Waals surface area contributed by atoms with E-state index in [0.29, 0.717) is 5.75 Å². The molecular weight excluding hydrogens is 332 g/mol. The van der Waals surface area contributed by atoms with Crippen LogP contribution in [0.3, 0.4) is 0 Å². The maximum absolute atomic E-state index is 13.9. The highest BCUT2D eigenvalue weighted by molar-refractivity contribution is 9.10. The SMILES string of the molecule is COc1ccc(C(=O)c2c(F)ccc(Br)c2F)c(N)c1. The Morgan fingerprint density at radius 2 is 1.95 bits per heavy atom. The van der Waals surface area contributed by atoms with E-state index in [1.54, 1.807) is 0 Å². The highest BCUT2D eigenvalue weighted by Gasteiger charge is 2.22. The summed E-state index contributed by atoms with van der Waals surface area (Å²) in [7, 11) is 1.45. The van der Waals surface area contributed by atoms with Gasteiger partial charge in [0.1, 0.15) is 11.6 Å². The minimum absolute atomic E-state index is 0.00864. The van der Waals surface area contributed by atoms with E-state index in [4.69, 9.17) is 10.5 Å².